The zero-order valence-corrected chi connectivity index (χ0v) is 14.4. The molecule has 3 aromatic heterocycles. The van der Waals surface area contributed by atoms with Crippen LogP contribution >= 0.6 is 0 Å². The van der Waals surface area contributed by atoms with Crippen LogP contribution in [0, 0.1) is 13.8 Å². The van der Waals surface area contributed by atoms with E-state index in [-0.39, 0.29) is 11.7 Å². The average molecular weight is 337 g/mol. The van der Waals surface area contributed by atoms with E-state index in [2.05, 4.69) is 20.4 Å². The van der Waals surface area contributed by atoms with Gasteiger partial charge in [-0.2, -0.15) is 0 Å². The van der Waals surface area contributed by atoms with Gasteiger partial charge in [0, 0.05) is 37.2 Å². The number of hydrogen-bond donors (Lipinski definition) is 1. The Morgan fingerprint density at radius 3 is 2.64 bits per heavy atom. The van der Waals surface area contributed by atoms with Crippen molar-refractivity contribution >= 4 is 11.6 Å². The molecular weight excluding hydrogens is 318 g/mol. The van der Waals surface area contributed by atoms with Crippen molar-refractivity contribution in [1.29, 1.82) is 0 Å². The molecule has 0 saturated carbocycles. The number of Topliss-reactive ketones (excluding diaryl/α,β-unsaturated/α-hetero) is 1. The van der Waals surface area contributed by atoms with E-state index < -0.39 is 0 Å². The first-order chi connectivity index (χ1) is 12.1. The van der Waals surface area contributed by atoms with Crippen molar-refractivity contribution in [2.45, 2.75) is 32.6 Å². The number of hydrogen-bond acceptors (Lipinski definition) is 6. The molecule has 1 aliphatic rings. The van der Waals surface area contributed by atoms with E-state index in [9.17, 15) is 4.79 Å². The standard InChI is InChI=1S/C18H19N5O2/c1-10-7-11(2)21-18(20-10)23-13-8-12(15-5-4-6-25-15)9-14(24)16(13)17(19-3)22-23/h4-7,12H,8-9H2,1-3H3,(H,19,22)/t12-/m1/s1. The molecule has 0 bridgehead atoms. The lowest BCUT2D eigenvalue weighted by atomic mass is 9.85. The lowest BCUT2D eigenvalue weighted by molar-refractivity contribution is 0.0960. The molecule has 0 fully saturated rings. The van der Waals surface area contributed by atoms with Gasteiger partial charge in [0.15, 0.2) is 11.6 Å². The van der Waals surface area contributed by atoms with Crippen LogP contribution in [0.3, 0.4) is 0 Å². The third-order valence-corrected chi connectivity index (χ3v) is 4.47. The Morgan fingerprint density at radius 1 is 1.24 bits per heavy atom. The molecule has 0 aromatic carbocycles. The van der Waals surface area contributed by atoms with Gasteiger partial charge in [0.2, 0.25) is 0 Å². The largest absolute Gasteiger partial charge is 0.469 e. The zero-order chi connectivity index (χ0) is 17.6. The van der Waals surface area contributed by atoms with Crippen LogP contribution in [0.25, 0.3) is 5.95 Å². The van der Waals surface area contributed by atoms with Crippen LogP contribution in [-0.2, 0) is 6.42 Å². The van der Waals surface area contributed by atoms with E-state index in [4.69, 9.17) is 4.42 Å². The third kappa shape index (κ3) is 2.61. The van der Waals surface area contributed by atoms with Crippen molar-refractivity contribution in [3.8, 4) is 5.95 Å². The number of carbonyl (C=O) groups excluding carboxylic acids is 1. The van der Waals surface area contributed by atoms with Gasteiger partial charge in [-0.05, 0) is 32.0 Å². The average Bonchev–Trinajstić information content (AvgIpc) is 3.21. The normalized spacial score (nSPS) is 16.8. The van der Waals surface area contributed by atoms with Gasteiger partial charge in [-0.1, -0.05) is 0 Å². The molecule has 0 unspecified atom stereocenters. The number of aryl methyl sites for hydroxylation is 2. The molecule has 4 rings (SSSR count). The summed E-state index contributed by atoms with van der Waals surface area (Å²) in [5, 5.41) is 7.58. The molecule has 1 atom stereocenters. The first-order valence-corrected chi connectivity index (χ1v) is 8.25. The minimum Gasteiger partial charge on any atom is -0.469 e. The summed E-state index contributed by atoms with van der Waals surface area (Å²) in [5.41, 5.74) is 3.19. The molecule has 0 saturated heterocycles. The summed E-state index contributed by atoms with van der Waals surface area (Å²) >= 11 is 0. The van der Waals surface area contributed by atoms with Gasteiger partial charge < -0.3 is 9.73 Å². The number of carbonyl (C=O) groups is 1. The molecule has 7 nitrogen and oxygen atoms in total. The molecule has 1 aliphatic carbocycles. The maximum Gasteiger partial charge on any atom is 0.251 e. The molecule has 0 amide bonds. The summed E-state index contributed by atoms with van der Waals surface area (Å²) < 4.78 is 7.21. The van der Waals surface area contributed by atoms with E-state index in [1.165, 1.54) is 0 Å². The summed E-state index contributed by atoms with van der Waals surface area (Å²) in [4.78, 5) is 21.8. The highest BCUT2D eigenvalue weighted by Crippen LogP contribution is 2.36. The van der Waals surface area contributed by atoms with Crippen LogP contribution in [0.5, 0.6) is 0 Å². The highest BCUT2D eigenvalue weighted by atomic mass is 16.3. The number of nitrogens with one attached hydrogen (secondary N) is 1. The van der Waals surface area contributed by atoms with Crippen molar-refractivity contribution in [2.24, 2.45) is 0 Å². The summed E-state index contributed by atoms with van der Waals surface area (Å²) in [6.45, 7) is 3.84. The van der Waals surface area contributed by atoms with E-state index in [1.54, 1.807) is 18.0 Å². The molecule has 0 radical (unpaired) electrons. The Hall–Kier alpha value is -2.96. The second-order valence-corrected chi connectivity index (χ2v) is 6.33. The second-order valence-electron chi connectivity index (χ2n) is 6.33. The molecule has 3 aromatic rings. The number of aromatic nitrogens is 4. The van der Waals surface area contributed by atoms with Crippen LogP contribution in [-0.4, -0.2) is 32.6 Å². The van der Waals surface area contributed by atoms with Crippen molar-refractivity contribution in [1.82, 2.24) is 19.7 Å². The molecule has 128 valence electrons. The van der Waals surface area contributed by atoms with Gasteiger partial charge in [-0.15, -0.1) is 5.10 Å². The summed E-state index contributed by atoms with van der Waals surface area (Å²) in [7, 11) is 1.77. The molecule has 1 N–H and O–H groups in total. The number of furan rings is 1. The molecule has 0 spiro atoms. The van der Waals surface area contributed by atoms with Crippen molar-refractivity contribution < 1.29 is 9.21 Å². The van der Waals surface area contributed by atoms with Gasteiger partial charge in [0.25, 0.3) is 5.95 Å². The summed E-state index contributed by atoms with van der Waals surface area (Å²) in [6.07, 6.45) is 2.70. The third-order valence-electron chi connectivity index (χ3n) is 4.47. The molecule has 3 heterocycles. The maximum atomic E-state index is 12.8. The van der Waals surface area contributed by atoms with E-state index in [0.29, 0.717) is 30.2 Å². The molecule has 7 heteroatoms. The Bertz CT molecular complexity index is 923. The predicted octanol–water partition coefficient (Wildman–Crippen LogP) is 2.83. The van der Waals surface area contributed by atoms with Gasteiger partial charge in [-0.25, -0.2) is 14.6 Å². The second kappa shape index (κ2) is 5.84. The fourth-order valence-electron chi connectivity index (χ4n) is 3.43. The molecule has 25 heavy (non-hydrogen) atoms. The van der Waals surface area contributed by atoms with E-state index in [0.717, 1.165) is 22.8 Å². The monoisotopic (exact) mass is 337 g/mol. The number of fused-ring (bicyclic) bond motifs is 1. The lowest BCUT2D eigenvalue weighted by Gasteiger charge is -2.20. The lowest BCUT2D eigenvalue weighted by Crippen LogP contribution is -2.21. The maximum absolute atomic E-state index is 12.8. The quantitative estimate of drug-likeness (QED) is 0.791. The fraction of sp³-hybridized carbons (Fsp3) is 0.333. The highest BCUT2D eigenvalue weighted by Gasteiger charge is 2.34. The zero-order valence-electron chi connectivity index (χ0n) is 14.4. The van der Waals surface area contributed by atoms with Crippen LogP contribution < -0.4 is 5.32 Å². The number of ketones is 1. The summed E-state index contributed by atoms with van der Waals surface area (Å²) in [6, 6.07) is 5.67. The molecule has 0 aliphatic heterocycles. The first-order valence-electron chi connectivity index (χ1n) is 8.25. The Morgan fingerprint density at radius 2 is 2.00 bits per heavy atom. The van der Waals surface area contributed by atoms with Crippen molar-refractivity contribution in [2.75, 3.05) is 12.4 Å². The van der Waals surface area contributed by atoms with Gasteiger partial charge in [0.05, 0.1) is 17.5 Å². The summed E-state index contributed by atoms with van der Waals surface area (Å²) in [5.74, 6) is 1.94. The molecular formula is C18H19N5O2. The van der Waals surface area contributed by atoms with E-state index >= 15 is 0 Å². The number of rotatable bonds is 3. The fourth-order valence-corrected chi connectivity index (χ4v) is 3.43. The van der Waals surface area contributed by atoms with Crippen LogP contribution in [0.1, 0.15) is 45.5 Å². The van der Waals surface area contributed by atoms with Crippen LogP contribution in [0.4, 0.5) is 5.82 Å². The Balaban J connectivity index is 1.86. The topological polar surface area (TPSA) is 85.8 Å². The van der Waals surface area contributed by atoms with E-state index in [1.807, 2.05) is 32.0 Å². The first kappa shape index (κ1) is 15.6. The van der Waals surface area contributed by atoms with Gasteiger partial charge in [0.1, 0.15) is 5.76 Å². The Kier molecular flexibility index (Phi) is 3.63. The van der Waals surface area contributed by atoms with Crippen molar-refractivity contribution in [3.05, 3.63) is 52.9 Å². The highest BCUT2D eigenvalue weighted by molar-refractivity contribution is 6.03. The number of anilines is 1. The van der Waals surface area contributed by atoms with Crippen molar-refractivity contribution in [3.63, 3.8) is 0 Å². The minimum atomic E-state index is 0.000984. The van der Waals surface area contributed by atoms with Gasteiger partial charge in [-0.3, -0.25) is 4.79 Å². The smallest absolute Gasteiger partial charge is 0.251 e. The predicted molar refractivity (Wildman–Crippen MR) is 92.3 cm³/mol. The van der Waals surface area contributed by atoms with Crippen LogP contribution in [0.2, 0.25) is 0 Å². The minimum absolute atomic E-state index is 0.000984. The number of nitrogens with zero attached hydrogens (tertiary/aromatic N) is 4. The van der Waals surface area contributed by atoms with Gasteiger partial charge >= 0.3 is 0 Å². The Labute approximate surface area is 145 Å². The van der Waals surface area contributed by atoms with Crippen LogP contribution in [0.15, 0.2) is 28.9 Å². The SMILES string of the molecule is CNc1nn(-c2nc(C)cc(C)n2)c2c1C(=O)C[C@H](c1ccco1)C2.